The molecular weight excluding hydrogens is 314 g/mol. The first-order valence-corrected chi connectivity index (χ1v) is 7.88. The van der Waals surface area contributed by atoms with Crippen molar-refractivity contribution in [2.45, 2.75) is 32.5 Å². The highest BCUT2D eigenvalue weighted by molar-refractivity contribution is 5.97. The molecule has 1 N–H and O–H groups in total. The van der Waals surface area contributed by atoms with Crippen molar-refractivity contribution in [2.75, 3.05) is 26.8 Å². The van der Waals surface area contributed by atoms with E-state index in [1.54, 1.807) is 30.2 Å². The van der Waals surface area contributed by atoms with Crippen molar-refractivity contribution in [2.24, 2.45) is 0 Å². The molecule has 1 unspecified atom stereocenters. The standard InChI is InChI=1S/C17H23NO6/c1-11(2)24-15-8-12(22-3)4-5-14(15)17(21)18-6-7-23-13(10-18)9-16(19)20/h4-5,8,11,13H,6-7,9-10H2,1-3H3,(H,19,20). The molecule has 1 atom stereocenters. The summed E-state index contributed by atoms with van der Waals surface area (Å²) in [4.78, 5) is 25.3. The molecule has 1 heterocycles. The zero-order valence-electron chi connectivity index (χ0n) is 14.2. The molecule has 0 aromatic heterocycles. The second-order valence-corrected chi connectivity index (χ2v) is 5.87. The Kier molecular flexibility index (Phi) is 6.03. The van der Waals surface area contributed by atoms with E-state index in [2.05, 4.69) is 0 Å². The molecule has 0 spiro atoms. The number of morpholine rings is 1. The van der Waals surface area contributed by atoms with Crippen molar-refractivity contribution >= 4 is 11.9 Å². The largest absolute Gasteiger partial charge is 0.497 e. The maximum absolute atomic E-state index is 12.8. The Balaban J connectivity index is 2.20. The van der Waals surface area contributed by atoms with Crippen LogP contribution in [0.15, 0.2) is 18.2 Å². The number of methoxy groups -OCH3 is 1. The lowest BCUT2D eigenvalue weighted by molar-refractivity contribution is -0.141. The first-order chi connectivity index (χ1) is 11.4. The van der Waals surface area contributed by atoms with Crippen LogP contribution in [0.4, 0.5) is 0 Å². The summed E-state index contributed by atoms with van der Waals surface area (Å²) in [7, 11) is 1.55. The van der Waals surface area contributed by atoms with E-state index in [-0.39, 0.29) is 25.0 Å². The third kappa shape index (κ3) is 4.61. The zero-order valence-corrected chi connectivity index (χ0v) is 14.2. The van der Waals surface area contributed by atoms with Crippen LogP contribution in [-0.2, 0) is 9.53 Å². The minimum atomic E-state index is -0.942. The fourth-order valence-electron chi connectivity index (χ4n) is 2.55. The number of aliphatic carboxylic acids is 1. The number of nitrogens with zero attached hydrogens (tertiary/aromatic N) is 1. The first kappa shape index (κ1) is 18.1. The molecule has 0 bridgehead atoms. The van der Waals surface area contributed by atoms with Crippen molar-refractivity contribution in [3.63, 3.8) is 0 Å². The van der Waals surface area contributed by atoms with Crippen LogP contribution in [-0.4, -0.2) is 60.9 Å². The van der Waals surface area contributed by atoms with Gasteiger partial charge in [0.25, 0.3) is 5.91 Å². The molecule has 1 aromatic rings. The molecule has 0 saturated carbocycles. The number of carbonyl (C=O) groups excluding carboxylic acids is 1. The number of carboxylic acids is 1. The number of carboxylic acid groups (broad SMARTS) is 1. The van der Waals surface area contributed by atoms with Gasteiger partial charge in [-0.1, -0.05) is 0 Å². The van der Waals surface area contributed by atoms with Crippen molar-refractivity contribution in [3.8, 4) is 11.5 Å². The van der Waals surface area contributed by atoms with Crippen LogP contribution in [0.2, 0.25) is 0 Å². The Labute approximate surface area is 141 Å². The Morgan fingerprint density at radius 2 is 2.17 bits per heavy atom. The van der Waals surface area contributed by atoms with Gasteiger partial charge in [-0.05, 0) is 26.0 Å². The molecule has 0 aliphatic carbocycles. The summed E-state index contributed by atoms with van der Waals surface area (Å²) in [6, 6.07) is 5.05. The summed E-state index contributed by atoms with van der Waals surface area (Å²) < 4.78 is 16.3. The minimum absolute atomic E-state index is 0.0897. The van der Waals surface area contributed by atoms with E-state index in [0.717, 1.165) is 0 Å². The molecule has 0 radical (unpaired) electrons. The Bertz CT molecular complexity index is 601. The van der Waals surface area contributed by atoms with Gasteiger partial charge in [0.1, 0.15) is 11.5 Å². The molecule has 2 rings (SSSR count). The quantitative estimate of drug-likeness (QED) is 0.852. The van der Waals surface area contributed by atoms with Gasteiger partial charge in [0.15, 0.2) is 0 Å². The molecule has 132 valence electrons. The third-order valence-corrected chi connectivity index (χ3v) is 3.61. The van der Waals surface area contributed by atoms with Gasteiger partial charge in [-0.25, -0.2) is 0 Å². The summed E-state index contributed by atoms with van der Waals surface area (Å²) in [5, 5.41) is 8.89. The smallest absolute Gasteiger partial charge is 0.306 e. The summed E-state index contributed by atoms with van der Waals surface area (Å²) in [5.41, 5.74) is 0.431. The van der Waals surface area contributed by atoms with Crippen LogP contribution >= 0.6 is 0 Å². The van der Waals surface area contributed by atoms with Crippen LogP contribution in [0.5, 0.6) is 11.5 Å². The van der Waals surface area contributed by atoms with E-state index >= 15 is 0 Å². The Hall–Kier alpha value is -2.28. The van der Waals surface area contributed by atoms with Gasteiger partial charge < -0.3 is 24.2 Å². The van der Waals surface area contributed by atoms with E-state index in [4.69, 9.17) is 19.3 Å². The lowest BCUT2D eigenvalue weighted by Gasteiger charge is -2.32. The molecule has 1 saturated heterocycles. The first-order valence-electron chi connectivity index (χ1n) is 7.88. The van der Waals surface area contributed by atoms with E-state index in [9.17, 15) is 9.59 Å². The van der Waals surface area contributed by atoms with Gasteiger partial charge in [-0.3, -0.25) is 9.59 Å². The highest BCUT2D eigenvalue weighted by atomic mass is 16.5. The molecule has 1 aromatic carbocycles. The predicted octanol–water partition coefficient (Wildman–Crippen LogP) is 1.80. The maximum atomic E-state index is 12.8. The molecular formula is C17H23NO6. The molecule has 7 heteroatoms. The maximum Gasteiger partial charge on any atom is 0.306 e. The number of benzene rings is 1. The number of hydrogen-bond donors (Lipinski definition) is 1. The minimum Gasteiger partial charge on any atom is -0.497 e. The highest BCUT2D eigenvalue weighted by Crippen LogP contribution is 2.27. The lowest BCUT2D eigenvalue weighted by Crippen LogP contribution is -2.46. The second-order valence-electron chi connectivity index (χ2n) is 5.87. The number of ether oxygens (including phenoxy) is 3. The number of hydrogen-bond acceptors (Lipinski definition) is 5. The molecule has 1 fully saturated rings. The molecule has 1 aliphatic heterocycles. The van der Waals surface area contributed by atoms with E-state index in [0.29, 0.717) is 30.2 Å². The van der Waals surface area contributed by atoms with Crippen LogP contribution in [0, 0.1) is 0 Å². The SMILES string of the molecule is COc1ccc(C(=O)N2CCOC(CC(=O)O)C2)c(OC(C)C)c1. The van der Waals surface area contributed by atoms with Crippen molar-refractivity contribution < 1.29 is 28.9 Å². The van der Waals surface area contributed by atoms with Crippen LogP contribution in [0.1, 0.15) is 30.6 Å². The van der Waals surface area contributed by atoms with E-state index in [1.165, 1.54) is 0 Å². The zero-order chi connectivity index (χ0) is 17.7. The van der Waals surface area contributed by atoms with Crippen molar-refractivity contribution in [1.29, 1.82) is 0 Å². The fourth-order valence-corrected chi connectivity index (χ4v) is 2.55. The summed E-state index contributed by atoms with van der Waals surface area (Å²) in [5.74, 6) is -0.0851. The Morgan fingerprint density at radius 3 is 2.79 bits per heavy atom. The van der Waals surface area contributed by atoms with Gasteiger partial charge in [-0.15, -0.1) is 0 Å². The van der Waals surface area contributed by atoms with Gasteiger partial charge in [0.2, 0.25) is 0 Å². The summed E-state index contributed by atoms with van der Waals surface area (Å²) >= 11 is 0. The predicted molar refractivity (Wildman–Crippen MR) is 86.7 cm³/mol. The van der Waals surface area contributed by atoms with Crippen LogP contribution in [0.3, 0.4) is 0 Å². The number of amides is 1. The molecule has 1 amide bonds. The second kappa shape index (κ2) is 8.01. The van der Waals surface area contributed by atoms with Crippen LogP contribution < -0.4 is 9.47 Å². The monoisotopic (exact) mass is 337 g/mol. The number of carbonyl (C=O) groups is 2. The third-order valence-electron chi connectivity index (χ3n) is 3.61. The van der Waals surface area contributed by atoms with Crippen molar-refractivity contribution in [1.82, 2.24) is 4.90 Å². The van der Waals surface area contributed by atoms with E-state index in [1.807, 2.05) is 13.8 Å². The molecule has 7 nitrogen and oxygen atoms in total. The summed E-state index contributed by atoms with van der Waals surface area (Å²) in [6.45, 7) is 4.75. The van der Waals surface area contributed by atoms with Gasteiger partial charge >= 0.3 is 5.97 Å². The Morgan fingerprint density at radius 1 is 1.42 bits per heavy atom. The summed E-state index contributed by atoms with van der Waals surface area (Å²) in [6.07, 6.45) is -0.706. The average Bonchev–Trinajstić information content (AvgIpc) is 2.53. The highest BCUT2D eigenvalue weighted by Gasteiger charge is 2.28. The molecule has 24 heavy (non-hydrogen) atoms. The van der Waals surface area contributed by atoms with E-state index < -0.39 is 12.1 Å². The normalized spacial score (nSPS) is 17.7. The van der Waals surface area contributed by atoms with Gasteiger partial charge in [0.05, 0.1) is 37.9 Å². The lowest BCUT2D eigenvalue weighted by atomic mass is 10.1. The van der Waals surface area contributed by atoms with Gasteiger partial charge in [0, 0.05) is 19.2 Å². The van der Waals surface area contributed by atoms with Crippen LogP contribution in [0.25, 0.3) is 0 Å². The van der Waals surface area contributed by atoms with Crippen molar-refractivity contribution in [3.05, 3.63) is 23.8 Å². The molecule has 1 aliphatic rings. The number of rotatable bonds is 6. The topological polar surface area (TPSA) is 85.3 Å². The average molecular weight is 337 g/mol. The fraction of sp³-hybridized carbons (Fsp3) is 0.529. The van der Waals surface area contributed by atoms with Gasteiger partial charge in [-0.2, -0.15) is 0 Å².